The summed E-state index contributed by atoms with van der Waals surface area (Å²) in [6.45, 7) is -0.449. The van der Waals surface area contributed by atoms with Crippen LogP contribution in [0.15, 0.2) is 48.5 Å². The monoisotopic (exact) mass is 346 g/mol. The number of hydrogen-bond donors (Lipinski definition) is 2. The van der Waals surface area contributed by atoms with Crippen LogP contribution in [-0.4, -0.2) is 28.8 Å². The second kappa shape index (κ2) is 8.17. The van der Waals surface area contributed by atoms with Crippen molar-refractivity contribution in [1.82, 2.24) is 0 Å². The van der Waals surface area contributed by atoms with Gasteiger partial charge in [0.05, 0.1) is 0 Å². The molecule has 0 amide bonds. The molecule has 0 heterocycles. The van der Waals surface area contributed by atoms with E-state index >= 15 is 0 Å². The van der Waals surface area contributed by atoms with Gasteiger partial charge in [-0.3, -0.25) is 0 Å². The van der Waals surface area contributed by atoms with Crippen molar-refractivity contribution in [3.05, 3.63) is 70.3 Å². The summed E-state index contributed by atoms with van der Waals surface area (Å²) in [4.78, 5) is 21.4. The minimum Gasteiger partial charge on any atom is -0.482 e. The fourth-order valence-corrected chi connectivity index (χ4v) is 2.39. The van der Waals surface area contributed by atoms with E-state index in [1.54, 1.807) is 24.3 Å². The fraction of sp³-hybridized carbons (Fsp3) is 0.111. The van der Waals surface area contributed by atoms with Crippen LogP contribution < -0.4 is 4.74 Å². The molecule has 2 N–H and O–H groups in total. The summed E-state index contributed by atoms with van der Waals surface area (Å²) in [7, 11) is 0. The van der Waals surface area contributed by atoms with E-state index in [9.17, 15) is 9.59 Å². The van der Waals surface area contributed by atoms with Crippen LogP contribution in [-0.2, 0) is 16.0 Å². The SMILES string of the molecule is O=C(O)C=Cc1ccccc1Cc1cc(Cl)ccc1OCC(=O)O. The average molecular weight is 347 g/mol. The van der Waals surface area contributed by atoms with Gasteiger partial charge in [0.1, 0.15) is 5.75 Å². The van der Waals surface area contributed by atoms with Crippen LogP contribution in [0.3, 0.4) is 0 Å². The van der Waals surface area contributed by atoms with Gasteiger partial charge < -0.3 is 14.9 Å². The zero-order chi connectivity index (χ0) is 17.5. The van der Waals surface area contributed by atoms with E-state index in [1.807, 2.05) is 18.2 Å². The van der Waals surface area contributed by atoms with Gasteiger partial charge in [-0.05, 0) is 35.4 Å². The number of hydrogen-bond acceptors (Lipinski definition) is 3. The zero-order valence-electron chi connectivity index (χ0n) is 12.6. The van der Waals surface area contributed by atoms with Crippen LogP contribution in [0.2, 0.25) is 5.02 Å². The van der Waals surface area contributed by atoms with Crippen LogP contribution >= 0.6 is 11.6 Å². The molecule has 0 unspecified atom stereocenters. The first-order valence-electron chi connectivity index (χ1n) is 7.07. The number of carboxylic acids is 2. The molecule has 24 heavy (non-hydrogen) atoms. The number of benzene rings is 2. The molecule has 2 rings (SSSR count). The Labute approximate surface area is 143 Å². The summed E-state index contributed by atoms with van der Waals surface area (Å²) in [5.41, 5.74) is 2.35. The van der Waals surface area contributed by atoms with Crippen molar-refractivity contribution in [2.24, 2.45) is 0 Å². The first-order chi connectivity index (χ1) is 11.5. The van der Waals surface area contributed by atoms with Gasteiger partial charge in [-0.1, -0.05) is 35.9 Å². The first kappa shape index (κ1) is 17.6. The molecule has 5 nitrogen and oxygen atoms in total. The maximum absolute atomic E-state index is 10.7. The van der Waals surface area contributed by atoms with Gasteiger partial charge in [0, 0.05) is 23.1 Å². The van der Waals surface area contributed by atoms with Gasteiger partial charge in [-0.25, -0.2) is 9.59 Å². The molecule has 0 fully saturated rings. The molecule has 0 aromatic heterocycles. The lowest BCUT2D eigenvalue weighted by Crippen LogP contribution is -2.10. The second-order valence-electron chi connectivity index (χ2n) is 4.98. The highest BCUT2D eigenvalue weighted by atomic mass is 35.5. The van der Waals surface area contributed by atoms with E-state index in [0.29, 0.717) is 17.2 Å². The van der Waals surface area contributed by atoms with Crippen molar-refractivity contribution in [3.63, 3.8) is 0 Å². The number of ether oxygens (including phenoxy) is 1. The van der Waals surface area contributed by atoms with Gasteiger partial charge in [0.2, 0.25) is 0 Å². The van der Waals surface area contributed by atoms with Gasteiger partial charge in [0.25, 0.3) is 0 Å². The molecular formula is C18H15ClO5. The maximum Gasteiger partial charge on any atom is 0.341 e. The molecule has 0 bridgehead atoms. The van der Waals surface area contributed by atoms with E-state index in [2.05, 4.69) is 0 Å². The largest absolute Gasteiger partial charge is 0.482 e. The molecule has 0 saturated heterocycles. The molecular weight excluding hydrogens is 332 g/mol. The zero-order valence-corrected chi connectivity index (χ0v) is 13.4. The molecule has 6 heteroatoms. The number of halogens is 1. The Kier molecular flexibility index (Phi) is 5.98. The predicted molar refractivity (Wildman–Crippen MR) is 90.5 cm³/mol. The van der Waals surface area contributed by atoms with Gasteiger partial charge >= 0.3 is 11.9 Å². The Morgan fingerprint density at radius 1 is 1.08 bits per heavy atom. The summed E-state index contributed by atoms with van der Waals surface area (Å²) < 4.78 is 5.29. The van der Waals surface area contributed by atoms with Crippen LogP contribution in [0.25, 0.3) is 6.08 Å². The summed E-state index contributed by atoms with van der Waals surface area (Å²) >= 11 is 6.02. The highest BCUT2D eigenvalue weighted by Gasteiger charge is 2.10. The molecule has 0 aliphatic heterocycles. The number of carboxylic acid groups (broad SMARTS) is 2. The third-order valence-electron chi connectivity index (χ3n) is 3.22. The standard InChI is InChI=1S/C18H15ClO5/c19-15-6-7-16(24-11-18(22)23)14(10-15)9-13-4-2-1-3-12(13)5-8-17(20)21/h1-8,10H,9,11H2,(H,20,21)(H,22,23). The topological polar surface area (TPSA) is 83.8 Å². The molecule has 0 atom stereocenters. The Hall–Kier alpha value is -2.79. The lowest BCUT2D eigenvalue weighted by molar-refractivity contribution is -0.139. The Bertz CT molecular complexity index is 783. The normalized spacial score (nSPS) is 10.7. The first-order valence-corrected chi connectivity index (χ1v) is 7.45. The summed E-state index contributed by atoms with van der Waals surface area (Å²) in [6.07, 6.45) is 3.01. The smallest absolute Gasteiger partial charge is 0.341 e. The summed E-state index contributed by atoms with van der Waals surface area (Å²) in [5, 5.41) is 18.0. The van der Waals surface area contributed by atoms with Crippen molar-refractivity contribution in [2.75, 3.05) is 6.61 Å². The minimum absolute atomic E-state index is 0.426. The van der Waals surface area contributed by atoms with E-state index in [-0.39, 0.29) is 0 Å². The molecule has 0 aliphatic carbocycles. The Morgan fingerprint density at radius 2 is 1.83 bits per heavy atom. The summed E-state index contributed by atoms with van der Waals surface area (Å²) in [5.74, 6) is -1.67. The highest BCUT2D eigenvalue weighted by Crippen LogP contribution is 2.27. The fourth-order valence-electron chi connectivity index (χ4n) is 2.19. The third kappa shape index (κ3) is 5.14. The molecule has 124 valence electrons. The molecule has 0 spiro atoms. The quantitative estimate of drug-likeness (QED) is 0.750. The van der Waals surface area contributed by atoms with Gasteiger partial charge in [-0.2, -0.15) is 0 Å². The lowest BCUT2D eigenvalue weighted by Gasteiger charge is -2.12. The molecule has 2 aromatic rings. The Morgan fingerprint density at radius 3 is 2.54 bits per heavy atom. The van der Waals surface area contributed by atoms with Gasteiger partial charge in [0.15, 0.2) is 6.61 Å². The van der Waals surface area contributed by atoms with E-state index in [0.717, 1.165) is 22.8 Å². The number of rotatable bonds is 7. The maximum atomic E-state index is 10.7. The lowest BCUT2D eigenvalue weighted by atomic mass is 9.99. The van der Waals surface area contributed by atoms with Gasteiger partial charge in [-0.15, -0.1) is 0 Å². The minimum atomic E-state index is -1.07. The molecule has 2 aromatic carbocycles. The van der Waals surface area contributed by atoms with E-state index in [4.69, 9.17) is 26.6 Å². The van der Waals surface area contributed by atoms with Crippen LogP contribution in [0, 0.1) is 0 Å². The average Bonchev–Trinajstić information content (AvgIpc) is 2.53. The second-order valence-corrected chi connectivity index (χ2v) is 5.42. The number of carbonyl (C=O) groups is 2. The molecule has 0 aliphatic rings. The predicted octanol–water partition coefficient (Wildman–Crippen LogP) is 3.49. The van der Waals surface area contributed by atoms with Crippen molar-refractivity contribution in [3.8, 4) is 5.75 Å². The summed E-state index contributed by atoms with van der Waals surface area (Å²) in [6, 6.07) is 12.3. The third-order valence-corrected chi connectivity index (χ3v) is 3.45. The van der Waals surface area contributed by atoms with Crippen molar-refractivity contribution in [1.29, 1.82) is 0 Å². The van der Waals surface area contributed by atoms with Crippen LogP contribution in [0.1, 0.15) is 16.7 Å². The highest BCUT2D eigenvalue weighted by molar-refractivity contribution is 6.30. The van der Waals surface area contributed by atoms with Crippen LogP contribution in [0.5, 0.6) is 5.75 Å². The number of aliphatic carboxylic acids is 2. The van der Waals surface area contributed by atoms with Crippen molar-refractivity contribution >= 4 is 29.6 Å². The van der Waals surface area contributed by atoms with Crippen molar-refractivity contribution < 1.29 is 24.5 Å². The van der Waals surface area contributed by atoms with E-state index < -0.39 is 18.5 Å². The Balaban J connectivity index is 2.32. The van der Waals surface area contributed by atoms with Crippen molar-refractivity contribution in [2.45, 2.75) is 6.42 Å². The molecule has 0 radical (unpaired) electrons. The molecule has 0 saturated carbocycles. The van der Waals surface area contributed by atoms with E-state index in [1.165, 1.54) is 6.08 Å². The van der Waals surface area contributed by atoms with Crippen LogP contribution in [0.4, 0.5) is 0 Å².